The van der Waals surface area contributed by atoms with Crippen LogP contribution in [0.25, 0.3) is 5.57 Å². The Balaban J connectivity index is 1.95. The number of hydrogen-bond donors (Lipinski definition) is 1. The first-order valence-corrected chi connectivity index (χ1v) is 5.80. The zero-order chi connectivity index (χ0) is 11.1. The average molecular weight is 237 g/mol. The van der Waals surface area contributed by atoms with E-state index in [1.54, 1.807) is 7.11 Å². The quantitative estimate of drug-likeness (QED) is 0.799. The molecule has 1 aromatic rings. The van der Waals surface area contributed by atoms with Gasteiger partial charge in [0.15, 0.2) is 10.9 Å². The molecule has 1 N–H and O–H groups in total. The van der Waals surface area contributed by atoms with Crippen LogP contribution < -0.4 is 10.1 Å². The molecule has 2 atom stereocenters. The Bertz CT molecular complexity index is 458. The Morgan fingerprint density at radius 1 is 1.56 bits per heavy atom. The first-order valence-electron chi connectivity index (χ1n) is 5.43. The average Bonchev–Trinajstić information content (AvgIpc) is 2.54. The van der Waals surface area contributed by atoms with Gasteiger partial charge in [0, 0.05) is 24.3 Å². The first-order chi connectivity index (χ1) is 7.79. The van der Waals surface area contributed by atoms with Gasteiger partial charge >= 0.3 is 0 Å². The highest BCUT2D eigenvalue weighted by Crippen LogP contribution is 2.38. The monoisotopic (exact) mass is 236 g/mol. The van der Waals surface area contributed by atoms with Crippen molar-refractivity contribution in [3.8, 4) is 5.75 Å². The van der Waals surface area contributed by atoms with Crippen LogP contribution in [0.3, 0.4) is 0 Å². The smallest absolute Gasteiger partial charge is 0.171 e. The van der Waals surface area contributed by atoms with Crippen molar-refractivity contribution in [2.24, 2.45) is 5.92 Å². The molecule has 0 unspecified atom stereocenters. The van der Waals surface area contributed by atoms with Crippen molar-refractivity contribution in [2.45, 2.75) is 12.5 Å². The molecule has 0 radical (unpaired) electrons. The fourth-order valence-corrected chi connectivity index (χ4v) is 2.60. The highest BCUT2D eigenvalue weighted by atomic mass is 35.5. The van der Waals surface area contributed by atoms with E-state index in [2.05, 4.69) is 16.4 Å². The van der Waals surface area contributed by atoms with Crippen LogP contribution in [-0.4, -0.2) is 24.7 Å². The minimum atomic E-state index is 0.419. The van der Waals surface area contributed by atoms with Crippen molar-refractivity contribution >= 4 is 17.2 Å². The number of fused-ring (bicyclic) bond motifs is 1. The number of hydrogen-bond acceptors (Lipinski definition) is 3. The molecule has 3 rings (SSSR count). The summed E-state index contributed by atoms with van der Waals surface area (Å²) in [5.74, 6) is 1.42. The van der Waals surface area contributed by atoms with Gasteiger partial charge in [-0.3, -0.25) is 0 Å². The SMILES string of the molecule is COc1cc(C2=CC[C@@H]3CN[C@H]23)cnc1Cl. The van der Waals surface area contributed by atoms with Crippen molar-refractivity contribution in [3.63, 3.8) is 0 Å². The minimum Gasteiger partial charge on any atom is -0.494 e. The third kappa shape index (κ3) is 1.43. The molecule has 1 saturated heterocycles. The van der Waals surface area contributed by atoms with Gasteiger partial charge < -0.3 is 10.1 Å². The normalized spacial score (nSPS) is 27.0. The topological polar surface area (TPSA) is 34.1 Å². The van der Waals surface area contributed by atoms with Crippen LogP contribution in [0, 0.1) is 5.92 Å². The molecule has 1 aromatic heterocycles. The number of aromatic nitrogens is 1. The summed E-state index contributed by atoms with van der Waals surface area (Å²) in [5, 5.41) is 3.86. The summed E-state index contributed by atoms with van der Waals surface area (Å²) in [6.07, 6.45) is 5.27. The van der Waals surface area contributed by atoms with Crippen molar-refractivity contribution < 1.29 is 4.74 Å². The van der Waals surface area contributed by atoms with Crippen LogP contribution in [0.2, 0.25) is 5.15 Å². The maximum atomic E-state index is 5.91. The summed E-state index contributed by atoms with van der Waals surface area (Å²) in [6, 6.07) is 2.47. The fraction of sp³-hybridized carbons (Fsp3) is 0.417. The molecule has 2 heterocycles. The molecule has 1 aliphatic carbocycles. The molecule has 0 spiro atoms. The van der Waals surface area contributed by atoms with E-state index in [0.29, 0.717) is 16.9 Å². The number of allylic oxidation sites excluding steroid dienone is 1. The number of pyridine rings is 1. The second kappa shape index (κ2) is 3.75. The first kappa shape index (κ1) is 10.1. The molecule has 0 amide bonds. The molecule has 16 heavy (non-hydrogen) atoms. The number of ether oxygens (including phenoxy) is 1. The standard InChI is InChI=1S/C12H13ClN2O/c1-16-10-4-8(6-15-12(10)13)9-3-2-7-5-14-11(7)9/h3-4,6-7,11,14H,2,5H2,1H3/t7-,11+/m1/s1. The second-order valence-electron chi connectivity index (χ2n) is 4.26. The van der Waals surface area contributed by atoms with Crippen molar-refractivity contribution in [1.82, 2.24) is 10.3 Å². The number of nitrogens with one attached hydrogen (secondary N) is 1. The minimum absolute atomic E-state index is 0.419. The van der Waals surface area contributed by atoms with E-state index in [0.717, 1.165) is 24.4 Å². The van der Waals surface area contributed by atoms with Gasteiger partial charge in [0.1, 0.15) is 0 Å². The van der Waals surface area contributed by atoms with Crippen LogP contribution in [-0.2, 0) is 0 Å². The van der Waals surface area contributed by atoms with Crippen LogP contribution >= 0.6 is 11.6 Å². The van der Waals surface area contributed by atoms with Crippen molar-refractivity contribution in [2.75, 3.05) is 13.7 Å². The number of nitrogens with zero attached hydrogens (tertiary/aromatic N) is 1. The summed E-state index contributed by atoms with van der Waals surface area (Å²) in [5.41, 5.74) is 2.44. The van der Waals surface area contributed by atoms with Crippen LogP contribution in [0.5, 0.6) is 5.75 Å². The third-order valence-corrected chi connectivity index (χ3v) is 3.69. The zero-order valence-corrected chi connectivity index (χ0v) is 9.79. The summed E-state index contributed by atoms with van der Waals surface area (Å²) < 4.78 is 5.18. The van der Waals surface area contributed by atoms with Crippen molar-refractivity contribution in [1.29, 1.82) is 0 Å². The van der Waals surface area contributed by atoms with Gasteiger partial charge in [0.2, 0.25) is 0 Å². The molecular weight excluding hydrogens is 224 g/mol. The summed E-state index contributed by atoms with van der Waals surface area (Å²) in [6.45, 7) is 1.13. The maximum Gasteiger partial charge on any atom is 0.171 e. The Kier molecular flexibility index (Phi) is 2.37. The Morgan fingerprint density at radius 2 is 2.44 bits per heavy atom. The molecule has 4 heteroatoms. The van der Waals surface area contributed by atoms with Crippen LogP contribution in [0.4, 0.5) is 0 Å². The predicted octanol–water partition coefficient (Wildman–Crippen LogP) is 2.12. The molecule has 0 aromatic carbocycles. The summed E-state index contributed by atoms with van der Waals surface area (Å²) in [4.78, 5) is 4.15. The second-order valence-corrected chi connectivity index (χ2v) is 4.62. The predicted molar refractivity (Wildman–Crippen MR) is 63.7 cm³/mol. The highest BCUT2D eigenvalue weighted by Gasteiger charge is 2.37. The lowest BCUT2D eigenvalue weighted by Gasteiger charge is -2.34. The lowest BCUT2D eigenvalue weighted by Crippen LogP contribution is -2.50. The van der Waals surface area contributed by atoms with Gasteiger partial charge in [-0.15, -0.1) is 0 Å². The van der Waals surface area contributed by atoms with Gasteiger partial charge in [-0.05, 0) is 24.0 Å². The van der Waals surface area contributed by atoms with Gasteiger partial charge in [-0.25, -0.2) is 4.98 Å². The summed E-state index contributed by atoms with van der Waals surface area (Å²) >= 11 is 5.91. The highest BCUT2D eigenvalue weighted by molar-refractivity contribution is 6.30. The largest absolute Gasteiger partial charge is 0.494 e. The van der Waals surface area contributed by atoms with E-state index in [1.165, 1.54) is 5.57 Å². The van der Waals surface area contributed by atoms with Crippen LogP contribution in [0.1, 0.15) is 12.0 Å². The molecule has 0 bridgehead atoms. The number of halogens is 1. The van der Waals surface area contributed by atoms with E-state index < -0.39 is 0 Å². The maximum absolute atomic E-state index is 5.91. The van der Waals surface area contributed by atoms with Gasteiger partial charge in [0.05, 0.1) is 7.11 Å². The lowest BCUT2D eigenvalue weighted by molar-refractivity contribution is 0.306. The van der Waals surface area contributed by atoms with Gasteiger partial charge in [0.25, 0.3) is 0 Å². The Labute approximate surface area is 99.5 Å². The molecule has 2 aliphatic rings. The lowest BCUT2D eigenvalue weighted by atomic mass is 9.89. The van der Waals surface area contributed by atoms with E-state index in [-0.39, 0.29) is 0 Å². The Morgan fingerprint density at radius 3 is 3.06 bits per heavy atom. The van der Waals surface area contributed by atoms with Crippen molar-refractivity contribution in [3.05, 3.63) is 29.1 Å². The Hall–Kier alpha value is -1.06. The fourth-order valence-electron chi connectivity index (χ4n) is 2.42. The van der Waals surface area contributed by atoms with E-state index in [1.807, 2.05) is 12.3 Å². The molecule has 0 saturated carbocycles. The molecule has 3 nitrogen and oxygen atoms in total. The van der Waals surface area contributed by atoms with Gasteiger partial charge in [-0.2, -0.15) is 0 Å². The van der Waals surface area contributed by atoms with Crippen LogP contribution in [0.15, 0.2) is 18.3 Å². The molecule has 84 valence electrons. The van der Waals surface area contributed by atoms with E-state index >= 15 is 0 Å². The number of methoxy groups -OCH3 is 1. The van der Waals surface area contributed by atoms with E-state index in [9.17, 15) is 0 Å². The van der Waals surface area contributed by atoms with E-state index in [4.69, 9.17) is 16.3 Å². The molecule has 1 aliphatic heterocycles. The summed E-state index contributed by atoms with van der Waals surface area (Å²) in [7, 11) is 1.61. The zero-order valence-electron chi connectivity index (χ0n) is 9.03. The molecule has 1 fully saturated rings. The molecular formula is C12H13ClN2O. The third-order valence-electron chi connectivity index (χ3n) is 3.41. The number of rotatable bonds is 2. The van der Waals surface area contributed by atoms with Gasteiger partial charge in [-0.1, -0.05) is 17.7 Å².